The molecule has 0 atom stereocenters. The Hall–Kier alpha value is -3.31. The number of carbonyl (C=O) groups is 1. The van der Waals surface area contributed by atoms with Gasteiger partial charge in [0.25, 0.3) is 0 Å². The van der Waals surface area contributed by atoms with Gasteiger partial charge < -0.3 is 9.30 Å². The van der Waals surface area contributed by atoms with E-state index in [9.17, 15) is 10.1 Å². The first-order chi connectivity index (χ1) is 13.0. The Morgan fingerprint density at radius 3 is 2.41 bits per heavy atom. The predicted octanol–water partition coefficient (Wildman–Crippen LogP) is 1.92. The molecule has 3 rings (SSSR count). The highest BCUT2D eigenvalue weighted by Crippen LogP contribution is 2.33. The topological polar surface area (TPSA) is 94.7 Å². The second-order valence-corrected chi connectivity index (χ2v) is 6.10. The maximum absolute atomic E-state index is 12.6. The largest absolute Gasteiger partial charge is 0.461 e. The van der Waals surface area contributed by atoms with Crippen LogP contribution in [0.1, 0.15) is 41.2 Å². The molecule has 0 radical (unpaired) electrons. The van der Waals surface area contributed by atoms with E-state index < -0.39 is 5.97 Å². The summed E-state index contributed by atoms with van der Waals surface area (Å²) in [4.78, 5) is 12.6. The molecule has 1 aliphatic rings. The minimum Gasteiger partial charge on any atom is -0.461 e. The first-order valence-corrected chi connectivity index (χ1v) is 8.75. The maximum Gasteiger partial charge on any atom is 0.355 e. The molecule has 0 aliphatic carbocycles. The van der Waals surface area contributed by atoms with Crippen molar-refractivity contribution in [1.82, 2.24) is 20.6 Å². The lowest BCUT2D eigenvalue weighted by Gasteiger charge is -2.10. The van der Waals surface area contributed by atoms with Gasteiger partial charge in [-0.3, -0.25) is 5.43 Å². The van der Waals surface area contributed by atoms with E-state index in [0.717, 1.165) is 16.8 Å². The van der Waals surface area contributed by atoms with E-state index in [1.165, 1.54) is 0 Å². The van der Waals surface area contributed by atoms with Crippen LogP contribution in [0.4, 0.5) is 0 Å². The zero-order valence-corrected chi connectivity index (χ0v) is 15.8. The van der Waals surface area contributed by atoms with Gasteiger partial charge in [-0.2, -0.15) is 5.26 Å². The summed E-state index contributed by atoms with van der Waals surface area (Å²) in [5, 5.41) is 15.6. The van der Waals surface area contributed by atoms with Gasteiger partial charge in [-0.15, -0.1) is 10.2 Å². The molecular weight excluding hydrogens is 344 g/mol. The molecular formula is C19H22N6O2. The number of esters is 1. The second-order valence-electron chi connectivity index (χ2n) is 6.10. The first kappa shape index (κ1) is 18.5. The third-order valence-corrected chi connectivity index (χ3v) is 4.46. The zero-order valence-electron chi connectivity index (χ0n) is 15.8. The minimum absolute atomic E-state index is 0.276. The van der Waals surface area contributed by atoms with Crippen LogP contribution in [0.5, 0.6) is 0 Å². The van der Waals surface area contributed by atoms with Crippen molar-refractivity contribution in [3.8, 4) is 17.2 Å². The molecule has 0 saturated carbocycles. The van der Waals surface area contributed by atoms with Crippen LogP contribution in [0, 0.1) is 11.3 Å². The van der Waals surface area contributed by atoms with E-state index in [1.54, 1.807) is 23.7 Å². The number of amidine groups is 1. The molecule has 0 bridgehead atoms. The number of nitriles is 1. The lowest BCUT2D eigenvalue weighted by Crippen LogP contribution is -2.37. The molecule has 0 unspecified atom stereocenters. The van der Waals surface area contributed by atoms with Crippen LogP contribution in [0.2, 0.25) is 0 Å². The Morgan fingerprint density at radius 2 is 1.89 bits per heavy atom. The van der Waals surface area contributed by atoms with Crippen molar-refractivity contribution >= 4 is 11.8 Å². The zero-order chi connectivity index (χ0) is 19.6. The quantitative estimate of drug-likeness (QED) is 0.785. The third kappa shape index (κ3) is 3.25. The number of nitrogens with one attached hydrogen (secondary N) is 2. The van der Waals surface area contributed by atoms with Gasteiger partial charge in [0, 0.05) is 30.9 Å². The highest BCUT2D eigenvalue weighted by atomic mass is 16.5. The van der Waals surface area contributed by atoms with E-state index in [1.807, 2.05) is 38.2 Å². The highest BCUT2D eigenvalue weighted by molar-refractivity contribution is 6.01. The highest BCUT2D eigenvalue weighted by Gasteiger charge is 2.27. The van der Waals surface area contributed by atoms with Gasteiger partial charge >= 0.3 is 5.97 Å². The van der Waals surface area contributed by atoms with E-state index in [0.29, 0.717) is 29.1 Å². The Balaban J connectivity index is 2.10. The number of carbonyl (C=O) groups excluding carboxylic acids is 1. The summed E-state index contributed by atoms with van der Waals surface area (Å²) in [6.07, 6.45) is 0.641. The summed E-state index contributed by atoms with van der Waals surface area (Å²) >= 11 is 0. The molecule has 2 heterocycles. The van der Waals surface area contributed by atoms with Gasteiger partial charge in [0.05, 0.1) is 12.2 Å². The minimum atomic E-state index is -0.428. The molecule has 2 N–H and O–H groups in total. The van der Waals surface area contributed by atoms with Crippen molar-refractivity contribution < 1.29 is 9.53 Å². The van der Waals surface area contributed by atoms with Crippen LogP contribution in [-0.4, -0.2) is 35.1 Å². The van der Waals surface area contributed by atoms with Crippen molar-refractivity contribution in [1.29, 1.82) is 5.26 Å². The third-order valence-electron chi connectivity index (χ3n) is 4.46. The molecule has 0 fully saturated rings. The Kier molecular flexibility index (Phi) is 5.14. The van der Waals surface area contributed by atoms with Crippen LogP contribution in [0.25, 0.3) is 11.1 Å². The Bertz CT molecular complexity index is 937. The van der Waals surface area contributed by atoms with Crippen LogP contribution < -0.4 is 11.0 Å². The SMILES string of the molecule is CCOC(=O)c1c(-c2ccc(C3=NNN(C)N3)cc2)c(C#N)c(CC)n1C. The molecule has 0 spiro atoms. The predicted molar refractivity (Wildman–Crippen MR) is 101 cm³/mol. The average Bonchev–Trinajstić information content (AvgIpc) is 3.22. The number of hydrazine groups is 2. The fourth-order valence-electron chi connectivity index (χ4n) is 3.24. The number of hydrogen-bond donors (Lipinski definition) is 2. The number of hydrogen-bond acceptors (Lipinski definition) is 7. The molecule has 140 valence electrons. The molecule has 8 heteroatoms. The van der Waals surface area contributed by atoms with Gasteiger partial charge in [0.15, 0.2) is 5.84 Å². The molecule has 1 aliphatic heterocycles. The van der Waals surface area contributed by atoms with Crippen molar-refractivity contribution in [2.24, 2.45) is 12.1 Å². The van der Waals surface area contributed by atoms with Gasteiger partial charge in [0.1, 0.15) is 11.8 Å². The van der Waals surface area contributed by atoms with Crippen LogP contribution in [0.15, 0.2) is 29.4 Å². The molecule has 8 nitrogen and oxygen atoms in total. The fourth-order valence-corrected chi connectivity index (χ4v) is 3.24. The first-order valence-electron chi connectivity index (χ1n) is 8.75. The Morgan fingerprint density at radius 1 is 1.22 bits per heavy atom. The molecule has 27 heavy (non-hydrogen) atoms. The second kappa shape index (κ2) is 7.51. The number of ether oxygens (including phenoxy) is 1. The van der Waals surface area contributed by atoms with Crippen molar-refractivity contribution in [3.05, 3.63) is 46.8 Å². The summed E-state index contributed by atoms with van der Waals surface area (Å²) in [6, 6.07) is 9.84. The Labute approximate surface area is 158 Å². The molecule has 0 amide bonds. The number of hydrazone groups is 1. The van der Waals surface area contributed by atoms with Crippen molar-refractivity contribution in [2.75, 3.05) is 13.7 Å². The van der Waals surface area contributed by atoms with E-state index >= 15 is 0 Å². The lowest BCUT2D eigenvalue weighted by molar-refractivity contribution is 0.0516. The van der Waals surface area contributed by atoms with E-state index in [4.69, 9.17) is 4.74 Å². The summed E-state index contributed by atoms with van der Waals surface area (Å²) in [7, 11) is 3.61. The van der Waals surface area contributed by atoms with Crippen molar-refractivity contribution in [3.63, 3.8) is 0 Å². The van der Waals surface area contributed by atoms with Crippen LogP contribution >= 0.6 is 0 Å². The number of benzene rings is 1. The van der Waals surface area contributed by atoms with E-state index in [2.05, 4.69) is 22.1 Å². The van der Waals surface area contributed by atoms with Gasteiger partial charge in [-0.25, -0.2) is 10.3 Å². The van der Waals surface area contributed by atoms with E-state index in [-0.39, 0.29) is 6.61 Å². The van der Waals surface area contributed by atoms with Crippen molar-refractivity contribution in [2.45, 2.75) is 20.3 Å². The number of rotatable bonds is 5. The number of aromatic nitrogens is 1. The lowest BCUT2D eigenvalue weighted by atomic mass is 9.98. The standard InChI is InChI=1S/C19H22N6O2/c1-5-15-14(11-20)16(17(24(15)3)19(26)27-6-2)12-7-9-13(10-8-12)18-21-23-25(4)22-18/h7-10,23H,5-6H2,1-4H3,(H,21,22). The molecule has 0 saturated heterocycles. The molecule has 2 aromatic rings. The summed E-state index contributed by atoms with van der Waals surface area (Å²) in [5.41, 5.74) is 9.86. The fraction of sp³-hybridized carbons (Fsp3) is 0.316. The van der Waals surface area contributed by atoms with Gasteiger partial charge in [-0.05, 0) is 18.9 Å². The maximum atomic E-state index is 12.6. The molecule has 1 aromatic carbocycles. The summed E-state index contributed by atoms with van der Waals surface area (Å²) in [6.45, 7) is 4.00. The normalized spacial score (nSPS) is 13.5. The smallest absolute Gasteiger partial charge is 0.355 e. The monoisotopic (exact) mass is 366 g/mol. The average molecular weight is 366 g/mol. The van der Waals surface area contributed by atoms with Crippen LogP contribution in [-0.2, 0) is 18.2 Å². The summed E-state index contributed by atoms with van der Waals surface area (Å²) in [5.74, 6) is 0.264. The van der Waals surface area contributed by atoms with Gasteiger partial charge in [0.2, 0.25) is 0 Å². The van der Waals surface area contributed by atoms with Gasteiger partial charge in [-0.1, -0.05) is 31.2 Å². The number of nitrogens with zero attached hydrogens (tertiary/aromatic N) is 4. The van der Waals surface area contributed by atoms with Crippen LogP contribution in [0.3, 0.4) is 0 Å². The summed E-state index contributed by atoms with van der Waals surface area (Å²) < 4.78 is 7.00. The molecule has 1 aromatic heterocycles.